The molecule has 1 aromatic rings. The molecule has 5 heteroatoms. The minimum atomic E-state index is -0.279. The molecule has 26 heavy (non-hydrogen) atoms. The van der Waals surface area contributed by atoms with Crippen LogP contribution in [-0.2, 0) is 25.8 Å². The highest BCUT2D eigenvalue weighted by Crippen LogP contribution is 2.39. The van der Waals surface area contributed by atoms with Crippen LogP contribution in [0.2, 0.25) is 0 Å². The maximum Gasteiger partial charge on any atom is 0.309 e. The van der Waals surface area contributed by atoms with Gasteiger partial charge in [-0.25, -0.2) is 5.06 Å². The number of ether oxygens (including phenoxy) is 1. The summed E-state index contributed by atoms with van der Waals surface area (Å²) in [5, 5.41) is 1.50. The van der Waals surface area contributed by atoms with E-state index in [0.29, 0.717) is 19.4 Å². The molecule has 1 aromatic carbocycles. The first-order valence-electron chi connectivity index (χ1n) is 9.59. The molecule has 4 atom stereocenters. The fourth-order valence-corrected chi connectivity index (χ4v) is 3.93. The zero-order valence-corrected chi connectivity index (χ0v) is 16.1. The monoisotopic (exact) mass is 359 g/mol. The molecule has 0 spiro atoms. The lowest BCUT2D eigenvalue weighted by atomic mass is 9.88. The number of carbonyl (C=O) groups excluding carboxylic acids is 2. The summed E-state index contributed by atoms with van der Waals surface area (Å²) in [5.41, 5.74) is 1.01. The van der Waals surface area contributed by atoms with Gasteiger partial charge in [-0.1, -0.05) is 58.0 Å². The molecule has 0 radical (unpaired) electrons. The molecule has 0 aromatic heterocycles. The third kappa shape index (κ3) is 3.78. The fraction of sp³-hybridized carbons (Fsp3) is 0.619. The van der Waals surface area contributed by atoms with Gasteiger partial charge in [-0.05, 0) is 23.8 Å². The topological polar surface area (TPSA) is 55.8 Å². The van der Waals surface area contributed by atoms with Crippen molar-refractivity contribution in [2.24, 2.45) is 23.7 Å². The van der Waals surface area contributed by atoms with Gasteiger partial charge < -0.3 is 4.74 Å². The van der Waals surface area contributed by atoms with Crippen molar-refractivity contribution in [3.8, 4) is 0 Å². The molecule has 5 nitrogen and oxygen atoms in total. The van der Waals surface area contributed by atoms with Crippen molar-refractivity contribution in [1.82, 2.24) is 5.06 Å². The van der Waals surface area contributed by atoms with Crippen LogP contribution in [-0.4, -0.2) is 29.1 Å². The molecule has 1 amide bonds. The summed E-state index contributed by atoms with van der Waals surface area (Å²) in [6.45, 7) is 8.52. The molecule has 2 saturated heterocycles. The van der Waals surface area contributed by atoms with Gasteiger partial charge in [0.1, 0.15) is 12.7 Å². The number of benzene rings is 1. The van der Waals surface area contributed by atoms with Crippen molar-refractivity contribution in [1.29, 1.82) is 0 Å². The Morgan fingerprint density at radius 2 is 1.69 bits per heavy atom. The second-order valence-electron chi connectivity index (χ2n) is 8.14. The number of hydrogen-bond acceptors (Lipinski definition) is 4. The third-order valence-electron chi connectivity index (χ3n) is 5.64. The predicted molar refractivity (Wildman–Crippen MR) is 97.6 cm³/mol. The van der Waals surface area contributed by atoms with Gasteiger partial charge in [-0.15, -0.1) is 0 Å². The van der Waals surface area contributed by atoms with Crippen LogP contribution in [0.25, 0.3) is 0 Å². The minimum Gasteiger partial charge on any atom is -0.460 e. The van der Waals surface area contributed by atoms with Gasteiger partial charge in [-0.2, -0.15) is 0 Å². The van der Waals surface area contributed by atoms with Crippen molar-refractivity contribution >= 4 is 11.9 Å². The number of nitrogens with zero attached hydrogens (tertiary/aromatic N) is 1. The lowest BCUT2D eigenvalue weighted by molar-refractivity contribution is -0.207. The first-order valence-corrected chi connectivity index (χ1v) is 9.59. The SMILES string of the molecule is CC(C)[C@@H]1C[C@@H](C2C[C@@H](C(C)C)C(=O)N2OCc2ccccc2)OC1=O. The highest BCUT2D eigenvalue weighted by molar-refractivity contribution is 5.81. The summed E-state index contributed by atoms with van der Waals surface area (Å²) in [6, 6.07) is 9.59. The summed E-state index contributed by atoms with van der Waals surface area (Å²) >= 11 is 0. The Kier molecular flexibility index (Phi) is 5.66. The van der Waals surface area contributed by atoms with Crippen LogP contribution in [0, 0.1) is 23.7 Å². The Morgan fingerprint density at radius 1 is 1.04 bits per heavy atom. The summed E-state index contributed by atoms with van der Waals surface area (Å²) < 4.78 is 5.67. The quantitative estimate of drug-likeness (QED) is 0.729. The molecule has 2 heterocycles. The molecule has 2 fully saturated rings. The smallest absolute Gasteiger partial charge is 0.309 e. The second kappa shape index (κ2) is 7.78. The average Bonchev–Trinajstić information content (AvgIpc) is 3.14. The Morgan fingerprint density at radius 3 is 2.27 bits per heavy atom. The van der Waals surface area contributed by atoms with Crippen LogP contribution >= 0.6 is 0 Å². The standard InChI is InChI=1S/C21H29NO4/c1-13(2)16-10-18(19-11-17(14(3)4)21(24)26-19)22(20(16)23)25-12-15-8-6-5-7-9-15/h5-9,13-14,16-19H,10-12H2,1-4H3/t16-,17-,18?,19-/m0/s1. The first kappa shape index (κ1) is 18.9. The molecule has 3 rings (SSSR count). The highest BCUT2D eigenvalue weighted by atomic mass is 16.7. The fourth-order valence-electron chi connectivity index (χ4n) is 3.93. The number of amides is 1. The predicted octanol–water partition coefficient (Wildman–Crippen LogP) is 3.58. The summed E-state index contributed by atoms with van der Waals surface area (Å²) in [4.78, 5) is 31.0. The van der Waals surface area contributed by atoms with Gasteiger partial charge in [-0.3, -0.25) is 14.4 Å². The van der Waals surface area contributed by atoms with Gasteiger partial charge in [0.15, 0.2) is 0 Å². The Hall–Kier alpha value is -1.88. The van der Waals surface area contributed by atoms with E-state index in [9.17, 15) is 9.59 Å². The number of hydrogen-bond donors (Lipinski definition) is 0. The molecular formula is C21H29NO4. The van der Waals surface area contributed by atoms with E-state index in [1.807, 2.05) is 44.2 Å². The Labute approximate surface area is 155 Å². The summed E-state index contributed by atoms with van der Waals surface area (Å²) in [6.07, 6.45) is 1.05. The van der Waals surface area contributed by atoms with Crippen LogP contribution in [0.1, 0.15) is 46.1 Å². The average molecular weight is 359 g/mol. The zero-order valence-electron chi connectivity index (χ0n) is 16.1. The molecule has 2 aliphatic rings. The molecule has 0 bridgehead atoms. The number of carbonyl (C=O) groups is 2. The summed E-state index contributed by atoms with van der Waals surface area (Å²) in [5.74, 6) is 0.146. The van der Waals surface area contributed by atoms with Gasteiger partial charge in [0.2, 0.25) is 5.91 Å². The van der Waals surface area contributed by atoms with E-state index < -0.39 is 0 Å². The van der Waals surface area contributed by atoms with E-state index in [1.54, 1.807) is 0 Å². The van der Waals surface area contributed by atoms with E-state index in [2.05, 4.69) is 13.8 Å². The van der Waals surface area contributed by atoms with E-state index in [1.165, 1.54) is 5.06 Å². The Bertz CT molecular complexity index is 643. The second-order valence-corrected chi connectivity index (χ2v) is 8.14. The number of esters is 1. The largest absolute Gasteiger partial charge is 0.460 e. The first-order chi connectivity index (χ1) is 12.4. The van der Waals surface area contributed by atoms with Crippen molar-refractivity contribution in [2.45, 2.75) is 59.3 Å². The third-order valence-corrected chi connectivity index (χ3v) is 5.64. The van der Waals surface area contributed by atoms with Crippen LogP contribution in [0.15, 0.2) is 30.3 Å². The Balaban J connectivity index is 1.75. The maximum absolute atomic E-state index is 12.9. The maximum atomic E-state index is 12.9. The lowest BCUT2D eigenvalue weighted by Crippen LogP contribution is -2.41. The van der Waals surface area contributed by atoms with E-state index in [4.69, 9.17) is 9.57 Å². The molecular weight excluding hydrogens is 330 g/mol. The molecule has 142 valence electrons. The van der Waals surface area contributed by atoms with Gasteiger partial charge in [0.05, 0.1) is 12.0 Å². The van der Waals surface area contributed by atoms with Gasteiger partial charge in [0, 0.05) is 12.3 Å². The minimum absolute atomic E-state index is 0.00461. The molecule has 2 aliphatic heterocycles. The van der Waals surface area contributed by atoms with Crippen molar-refractivity contribution in [3.63, 3.8) is 0 Å². The zero-order chi connectivity index (χ0) is 18.8. The van der Waals surface area contributed by atoms with Crippen LogP contribution in [0.3, 0.4) is 0 Å². The van der Waals surface area contributed by atoms with Crippen LogP contribution < -0.4 is 0 Å². The highest BCUT2D eigenvalue weighted by Gasteiger charge is 2.50. The van der Waals surface area contributed by atoms with E-state index >= 15 is 0 Å². The molecule has 0 saturated carbocycles. The van der Waals surface area contributed by atoms with Gasteiger partial charge >= 0.3 is 5.97 Å². The molecule has 1 unspecified atom stereocenters. The van der Waals surface area contributed by atoms with Crippen molar-refractivity contribution in [3.05, 3.63) is 35.9 Å². The number of rotatable bonds is 6. The van der Waals surface area contributed by atoms with Crippen LogP contribution in [0.5, 0.6) is 0 Å². The molecule has 0 N–H and O–H groups in total. The van der Waals surface area contributed by atoms with E-state index in [-0.39, 0.29) is 47.7 Å². The lowest BCUT2D eigenvalue weighted by Gasteiger charge is -2.27. The van der Waals surface area contributed by atoms with Crippen molar-refractivity contribution in [2.75, 3.05) is 0 Å². The van der Waals surface area contributed by atoms with Crippen LogP contribution in [0.4, 0.5) is 0 Å². The molecule has 0 aliphatic carbocycles. The number of cyclic esters (lactones) is 1. The summed E-state index contributed by atoms with van der Waals surface area (Å²) in [7, 11) is 0. The van der Waals surface area contributed by atoms with Crippen molar-refractivity contribution < 1.29 is 19.2 Å². The normalized spacial score (nSPS) is 29.1. The van der Waals surface area contributed by atoms with E-state index in [0.717, 1.165) is 5.56 Å². The number of hydroxylamine groups is 2. The van der Waals surface area contributed by atoms with Gasteiger partial charge in [0.25, 0.3) is 0 Å².